The Labute approximate surface area is 119 Å². The van der Waals surface area contributed by atoms with Crippen LogP contribution in [0.25, 0.3) is 0 Å². The van der Waals surface area contributed by atoms with Gasteiger partial charge in [-0.25, -0.2) is 0 Å². The molecule has 0 bridgehead atoms. The van der Waals surface area contributed by atoms with Crippen molar-refractivity contribution in [1.29, 1.82) is 0 Å². The molecule has 0 fully saturated rings. The number of rotatable bonds is 4. The molecule has 1 unspecified atom stereocenters. The third-order valence-electron chi connectivity index (χ3n) is 3.23. The Morgan fingerprint density at radius 1 is 1.33 bits per heavy atom. The lowest BCUT2D eigenvalue weighted by atomic mass is 9.83. The first-order valence-corrected chi connectivity index (χ1v) is 7.18. The quantitative estimate of drug-likeness (QED) is 0.903. The molecule has 0 aliphatic carbocycles. The molecule has 1 atom stereocenters. The zero-order valence-corrected chi connectivity index (χ0v) is 13.6. The molecule has 0 radical (unpaired) electrons. The maximum absolute atomic E-state index is 5.67. The molecule has 18 heavy (non-hydrogen) atoms. The smallest absolute Gasteiger partial charge is 0.126 e. The lowest BCUT2D eigenvalue weighted by molar-refractivity contribution is 0.388. The summed E-state index contributed by atoms with van der Waals surface area (Å²) in [6, 6.07) is 4.30. The van der Waals surface area contributed by atoms with Crippen molar-refractivity contribution in [3.8, 4) is 5.75 Å². The van der Waals surface area contributed by atoms with Crippen LogP contribution in [0.1, 0.15) is 51.2 Å². The molecule has 0 amide bonds. The minimum Gasteiger partial charge on any atom is -0.496 e. The monoisotopic (exact) mass is 313 g/mol. The molecule has 1 rings (SSSR count). The Morgan fingerprint density at radius 3 is 2.39 bits per heavy atom. The highest BCUT2D eigenvalue weighted by atomic mass is 79.9. The zero-order chi connectivity index (χ0) is 13.9. The summed E-state index contributed by atoms with van der Waals surface area (Å²) in [5.41, 5.74) is 8.20. The molecule has 102 valence electrons. The molecule has 0 aliphatic heterocycles. The molecule has 0 saturated carbocycles. The molecule has 0 heterocycles. The third kappa shape index (κ3) is 3.48. The molecular formula is C15H24BrNO. The molecule has 0 spiro atoms. The number of halogens is 1. The highest BCUT2D eigenvalue weighted by molar-refractivity contribution is 9.10. The van der Waals surface area contributed by atoms with Gasteiger partial charge in [0.05, 0.1) is 7.11 Å². The van der Waals surface area contributed by atoms with E-state index in [-0.39, 0.29) is 5.41 Å². The summed E-state index contributed by atoms with van der Waals surface area (Å²) >= 11 is 3.60. The van der Waals surface area contributed by atoms with Crippen molar-refractivity contribution in [1.82, 2.24) is 0 Å². The molecule has 2 N–H and O–H groups in total. The Hall–Kier alpha value is -0.540. The summed E-state index contributed by atoms with van der Waals surface area (Å²) < 4.78 is 6.77. The topological polar surface area (TPSA) is 35.2 Å². The average Bonchev–Trinajstić information content (AvgIpc) is 2.27. The second-order valence-electron chi connectivity index (χ2n) is 5.80. The standard InChI is InChI=1S/C15H24BrNO/c1-10(6-7-17)12-8-11(16)9-13(14(12)18-5)15(2,3)4/h8-10H,6-7,17H2,1-5H3. The van der Waals surface area contributed by atoms with Crippen molar-refractivity contribution in [2.45, 2.75) is 45.4 Å². The fourth-order valence-electron chi connectivity index (χ4n) is 2.17. The molecule has 1 aromatic rings. The Balaban J connectivity index is 3.38. The highest BCUT2D eigenvalue weighted by Gasteiger charge is 2.23. The fraction of sp³-hybridized carbons (Fsp3) is 0.600. The number of benzene rings is 1. The second-order valence-corrected chi connectivity index (χ2v) is 6.72. The van der Waals surface area contributed by atoms with E-state index in [0.29, 0.717) is 12.5 Å². The first-order valence-electron chi connectivity index (χ1n) is 6.39. The van der Waals surface area contributed by atoms with E-state index >= 15 is 0 Å². The number of hydrogen-bond donors (Lipinski definition) is 1. The van der Waals surface area contributed by atoms with Crippen molar-refractivity contribution in [2.75, 3.05) is 13.7 Å². The van der Waals surface area contributed by atoms with E-state index in [9.17, 15) is 0 Å². The first kappa shape index (κ1) is 15.5. The number of hydrogen-bond acceptors (Lipinski definition) is 2. The van der Waals surface area contributed by atoms with E-state index in [1.807, 2.05) is 0 Å². The summed E-state index contributed by atoms with van der Waals surface area (Å²) in [5, 5.41) is 0. The number of ether oxygens (including phenoxy) is 1. The van der Waals surface area contributed by atoms with E-state index in [1.54, 1.807) is 7.11 Å². The van der Waals surface area contributed by atoms with Crippen molar-refractivity contribution in [3.63, 3.8) is 0 Å². The minimum atomic E-state index is 0.0618. The van der Waals surface area contributed by atoms with E-state index in [4.69, 9.17) is 10.5 Å². The van der Waals surface area contributed by atoms with E-state index in [0.717, 1.165) is 16.6 Å². The Morgan fingerprint density at radius 2 is 1.94 bits per heavy atom. The minimum absolute atomic E-state index is 0.0618. The molecule has 2 nitrogen and oxygen atoms in total. The van der Waals surface area contributed by atoms with Gasteiger partial charge in [-0.3, -0.25) is 0 Å². The van der Waals surface area contributed by atoms with Crippen LogP contribution in [0.3, 0.4) is 0 Å². The van der Waals surface area contributed by atoms with Crippen molar-refractivity contribution in [3.05, 3.63) is 27.7 Å². The SMILES string of the molecule is COc1c(C(C)CCN)cc(Br)cc1C(C)(C)C. The van der Waals surface area contributed by atoms with Gasteiger partial charge < -0.3 is 10.5 Å². The van der Waals surface area contributed by atoms with Gasteiger partial charge in [0.1, 0.15) is 5.75 Å². The van der Waals surface area contributed by atoms with Gasteiger partial charge in [-0.15, -0.1) is 0 Å². The maximum Gasteiger partial charge on any atom is 0.126 e. The summed E-state index contributed by atoms with van der Waals surface area (Å²) in [5.74, 6) is 1.41. The van der Waals surface area contributed by atoms with Crippen molar-refractivity contribution in [2.24, 2.45) is 5.73 Å². The summed E-state index contributed by atoms with van der Waals surface area (Å²) in [7, 11) is 1.75. The zero-order valence-electron chi connectivity index (χ0n) is 12.0. The van der Waals surface area contributed by atoms with Crippen LogP contribution in [0.4, 0.5) is 0 Å². The van der Waals surface area contributed by atoms with Gasteiger partial charge in [0.25, 0.3) is 0 Å². The summed E-state index contributed by atoms with van der Waals surface area (Å²) in [6.45, 7) is 9.50. The first-order chi connectivity index (χ1) is 8.31. The van der Waals surface area contributed by atoms with E-state index in [2.05, 4.69) is 55.8 Å². The van der Waals surface area contributed by atoms with Gasteiger partial charge in [0.2, 0.25) is 0 Å². The average molecular weight is 314 g/mol. The highest BCUT2D eigenvalue weighted by Crippen LogP contribution is 2.40. The molecule has 0 aromatic heterocycles. The van der Waals surface area contributed by atoms with Gasteiger partial charge in [0.15, 0.2) is 0 Å². The van der Waals surface area contributed by atoms with Gasteiger partial charge in [-0.2, -0.15) is 0 Å². The van der Waals surface area contributed by atoms with Crippen molar-refractivity contribution >= 4 is 15.9 Å². The number of methoxy groups -OCH3 is 1. The Kier molecular flexibility index (Phi) is 5.23. The van der Waals surface area contributed by atoms with Gasteiger partial charge >= 0.3 is 0 Å². The lowest BCUT2D eigenvalue weighted by Gasteiger charge is -2.26. The lowest BCUT2D eigenvalue weighted by Crippen LogP contribution is -2.15. The van der Waals surface area contributed by atoms with Crippen LogP contribution in [-0.4, -0.2) is 13.7 Å². The van der Waals surface area contributed by atoms with Gasteiger partial charge in [-0.05, 0) is 42.0 Å². The normalized spacial score (nSPS) is 13.5. The van der Waals surface area contributed by atoms with Crippen LogP contribution in [0.2, 0.25) is 0 Å². The predicted octanol–water partition coefficient (Wildman–Crippen LogP) is 4.21. The van der Waals surface area contributed by atoms with Crippen LogP contribution in [0.5, 0.6) is 5.75 Å². The predicted molar refractivity (Wildman–Crippen MR) is 81.5 cm³/mol. The molecule has 3 heteroatoms. The maximum atomic E-state index is 5.67. The van der Waals surface area contributed by atoms with Crippen LogP contribution in [-0.2, 0) is 5.41 Å². The van der Waals surface area contributed by atoms with Crippen LogP contribution in [0, 0.1) is 0 Å². The largest absolute Gasteiger partial charge is 0.496 e. The summed E-state index contributed by atoms with van der Waals surface area (Å²) in [6.07, 6.45) is 0.969. The Bertz CT molecular complexity index is 410. The van der Waals surface area contributed by atoms with Crippen LogP contribution >= 0.6 is 15.9 Å². The number of nitrogens with two attached hydrogens (primary N) is 1. The van der Waals surface area contributed by atoms with Gasteiger partial charge in [0, 0.05) is 10.0 Å². The molecule has 0 aliphatic rings. The summed E-state index contributed by atoms with van der Waals surface area (Å²) in [4.78, 5) is 0. The fourth-order valence-corrected chi connectivity index (χ4v) is 2.65. The molecular weight excluding hydrogens is 290 g/mol. The molecule has 1 aromatic carbocycles. The molecule has 0 saturated heterocycles. The van der Waals surface area contributed by atoms with Gasteiger partial charge in [-0.1, -0.05) is 43.6 Å². The van der Waals surface area contributed by atoms with E-state index in [1.165, 1.54) is 11.1 Å². The third-order valence-corrected chi connectivity index (χ3v) is 3.68. The second kappa shape index (κ2) is 6.07. The van der Waals surface area contributed by atoms with E-state index < -0.39 is 0 Å². The van der Waals surface area contributed by atoms with Crippen molar-refractivity contribution < 1.29 is 4.74 Å². The van der Waals surface area contributed by atoms with Crippen LogP contribution in [0.15, 0.2) is 16.6 Å². The van der Waals surface area contributed by atoms with Crippen LogP contribution < -0.4 is 10.5 Å².